The smallest absolute Gasteiger partial charge is 0.306 e. The van der Waals surface area contributed by atoms with Gasteiger partial charge in [0, 0.05) is 19.3 Å². The third kappa shape index (κ3) is 47.3. The molecule has 0 aromatic heterocycles. The van der Waals surface area contributed by atoms with Crippen LogP contribution in [0.15, 0.2) is 0 Å². The zero-order chi connectivity index (χ0) is 43.3. The maximum absolute atomic E-state index is 12.8. The number of rotatable bonds is 47. The van der Waals surface area contributed by atoms with Crippen LogP contribution in [0.25, 0.3) is 0 Å². The fraction of sp³-hybridized carbons (Fsp3) is 0.943. The highest BCUT2D eigenvalue weighted by Gasteiger charge is 2.19. The summed E-state index contributed by atoms with van der Waals surface area (Å²) in [6.45, 7) is 11.4. The lowest BCUT2D eigenvalue weighted by molar-refractivity contribution is -0.167. The van der Waals surface area contributed by atoms with Gasteiger partial charge in [0.25, 0.3) is 0 Å². The molecule has 0 unspecified atom stereocenters. The van der Waals surface area contributed by atoms with Crippen LogP contribution in [0.1, 0.15) is 291 Å². The van der Waals surface area contributed by atoms with Crippen molar-refractivity contribution in [1.29, 1.82) is 0 Å². The molecule has 0 rings (SSSR count). The van der Waals surface area contributed by atoms with Crippen molar-refractivity contribution in [1.82, 2.24) is 0 Å². The second-order valence-corrected chi connectivity index (χ2v) is 19.1. The molecule has 1 atom stereocenters. The third-order valence-corrected chi connectivity index (χ3v) is 12.0. The van der Waals surface area contributed by atoms with E-state index in [9.17, 15) is 14.4 Å². The Balaban J connectivity index is 4.30. The van der Waals surface area contributed by atoms with Crippen LogP contribution < -0.4 is 0 Å². The van der Waals surface area contributed by atoms with Gasteiger partial charge in [-0.15, -0.1) is 0 Å². The highest BCUT2D eigenvalue weighted by atomic mass is 16.6. The highest BCUT2D eigenvalue weighted by Crippen LogP contribution is 2.17. The standard InChI is InChI=1S/C53H102O6/c1-6-7-8-9-10-11-12-14-19-24-30-35-40-45-53(56)59-50(47-58-52(55)44-39-34-29-25-20-22-27-32-37-42-49(4)5)46-57-51(54)43-38-33-28-23-18-16-13-15-17-21-26-31-36-41-48(2)3/h48-50H,6-47H2,1-5H3/t50-/m1/s1. The topological polar surface area (TPSA) is 78.9 Å². The molecule has 0 aliphatic heterocycles. The van der Waals surface area contributed by atoms with Gasteiger partial charge in [0.1, 0.15) is 13.2 Å². The summed E-state index contributed by atoms with van der Waals surface area (Å²) in [6, 6.07) is 0. The van der Waals surface area contributed by atoms with Gasteiger partial charge in [-0.3, -0.25) is 14.4 Å². The SMILES string of the molecule is CCCCCCCCCCCCCCCC(=O)O[C@H](COC(=O)CCCCCCCCCCCCCCCC(C)C)COC(=O)CCCCCCCCCCCC(C)C. The molecular weight excluding hydrogens is 733 g/mol. The molecule has 0 aliphatic carbocycles. The van der Waals surface area contributed by atoms with E-state index in [1.807, 2.05) is 0 Å². The lowest BCUT2D eigenvalue weighted by Gasteiger charge is -2.18. The predicted molar refractivity (Wildman–Crippen MR) is 252 cm³/mol. The van der Waals surface area contributed by atoms with Gasteiger partial charge < -0.3 is 14.2 Å². The van der Waals surface area contributed by atoms with Crippen molar-refractivity contribution < 1.29 is 28.6 Å². The van der Waals surface area contributed by atoms with Crippen LogP contribution in [0.2, 0.25) is 0 Å². The Hall–Kier alpha value is -1.59. The summed E-state index contributed by atoms with van der Waals surface area (Å²) < 4.78 is 16.8. The summed E-state index contributed by atoms with van der Waals surface area (Å²) in [6.07, 6.45) is 46.6. The zero-order valence-corrected chi connectivity index (χ0v) is 40.4. The van der Waals surface area contributed by atoms with E-state index < -0.39 is 6.10 Å². The fourth-order valence-electron chi connectivity index (χ4n) is 7.99. The maximum Gasteiger partial charge on any atom is 0.306 e. The highest BCUT2D eigenvalue weighted by molar-refractivity contribution is 5.71. The van der Waals surface area contributed by atoms with E-state index in [2.05, 4.69) is 34.6 Å². The van der Waals surface area contributed by atoms with E-state index in [0.717, 1.165) is 69.6 Å². The van der Waals surface area contributed by atoms with Gasteiger partial charge >= 0.3 is 17.9 Å². The van der Waals surface area contributed by atoms with Crippen LogP contribution in [-0.2, 0) is 28.6 Å². The van der Waals surface area contributed by atoms with Crippen LogP contribution in [0.3, 0.4) is 0 Å². The Kier molecular flexibility index (Phi) is 44.7. The van der Waals surface area contributed by atoms with Crippen LogP contribution in [0.4, 0.5) is 0 Å². The number of carbonyl (C=O) groups is 3. The van der Waals surface area contributed by atoms with Gasteiger partial charge in [0.05, 0.1) is 0 Å². The third-order valence-electron chi connectivity index (χ3n) is 12.0. The molecule has 0 radical (unpaired) electrons. The lowest BCUT2D eigenvalue weighted by Crippen LogP contribution is -2.30. The Bertz CT molecular complexity index is 900. The van der Waals surface area contributed by atoms with E-state index in [-0.39, 0.29) is 31.1 Å². The molecule has 0 saturated carbocycles. The van der Waals surface area contributed by atoms with E-state index in [1.54, 1.807) is 0 Å². The molecule has 0 saturated heterocycles. The van der Waals surface area contributed by atoms with Gasteiger partial charge in [-0.05, 0) is 31.1 Å². The molecule has 59 heavy (non-hydrogen) atoms. The number of hydrogen-bond donors (Lipinski definition) is 0. The Morgan fingerprint density at radius 2 is 0.559 bits per heavy atom. The molecule has 350 valence electrons. The Labute approximate surface area is 368 Å². The van der Waals surface area contributed by atoms with Gasteiger partial charge in [-0.2, -0.15) is 0 Å². The molecule has 6 nitrogen and oxygen atoms in total. The van der Waals surface area contributed by atoms with Crippen molar-refractivity contribution >= 4 is 17.9 Å². The van der Waals surface area contributed by atoms with Crippen LogP contribution in [0.5, 0.6) is 0 Å². The van der Waals surface area contributed by atoms with Crippen molar-refractivity contribution in [2.24, 2.45) is 11.8 Å². The largest absolute Gasteiger partial charge is 0.462 e. The van der Waals surface area contributed by atoms with Gasteiger partial charge in [-0.25, -0.2) is 0 Å². The first-order chi connectivity index (χ1) is 28.7. The summed E-state index contributed by atoms with van der Waals surface area (Å²) in [7, 11) is 0. The second kappa shape index (κ2) is 45.9. The van der Waals surface area contributed by atoms with E-state index in [1.165, 1.54) is 180 Å². The van der Waals surface area contributed by atoms with Crippen molar-refractivity contribution in [3.63, 3.8) is 0 Å². The first-order valence-electron chi connectivity index (χ1n) is 26.2. The molecule has 0 spiro atoms. The van der Waals surface area contributed by atoms with Crippen molar-refractivity contribution in [2.45, 2.75) is 298 Å². The number of ether oxygens (including phenoxy) is 3. The van der Waals surface area contributed by atoms with Crippen LogP contribution in [0, 0.1) is 11.8 Å². The van der Waals surface area contributed by atoms with Gasteiger partial charge in [-0.1, -0.05) is 253 Å². The van der Waals surface area contributed by atoms with E-state index in [4.69, 9.17) is 14.2 Å². The molecule has 6 heteroatoms. The van der Waals surface area contributed by atoms with Crippen LogP contribution >= 0.6 is 0 Å². The number of carbonyl (C=O) groups excluding carboxylic acids is 3. The quantitative estimate of drug-likeness (QED) is 0.0345. The first kappa shape index (κ1) is 57.4. The second-order valence-electron chi connectivity index (χ2n) is 19.1. The number of hydrogen-bond acceptors (Lipinski definition) is 6. The molecule has 0 fully saturated rings. The van der Waals surface area contributed by atoms with Crippen LogP contribution in [-0.4, -0.2) is 37.2 Å². The molecule has 0 bridgehead atoms. The van der Waals surface area contributed by atoms with E-state index in [0.29, 0.717) is 19.3 Å². The molecule has 0 heterocycles. The molecule has 0 aromatic carbocycles. The van der Waals surface area contributed by atoms with Gasteiger partial charge in [0.2, 0.25) is 0 Å². The van der Waals surface area contributed by atoms with Crippen molar-refractivity contribution in [2.75, 3.05) is 13.2 Å². The average Bonchev–Trinajstić information content (AvgIpc) is 3.20. The van der Waals surface area contributed by atoms with Gasteiger partial charge in [0.15, 0.2) is 6.10 Å². The maximum atomic E-state index is 12.8. The summed E-state index contributed by atoms with van der Waals surface area (Å²) in [5, 5.41) is 0. The summed E-state index contributed by atoms with van der Waals surface area (Å²) >= 11 is 0. The Morgan fingerprint density at radius 1 is 0.322 bits per heavy atom. The number of unbranched alkanes of at least 4 members (excludes halogenated alkanes) is 32. The van der Waals surface area contributed by atoms with E-state index >= 15 is 0 Å². The van der Waals surface area contributed by atoms with Crippen molar-refractivity contribution in [3.8, 4) is 0 Å². The lowest BCUT2D eigenvalue weighted by atomic mass is 10.0. The van der Waals surface area contributed by atoms with Crippen molar-refractivity contribution in [3.05, 3.63) is 0 Å². The predicted octanol–water partition coefficient (Wildman–Crippen LogP) is 16.9. The molecule has 0 N–H and O–H groups in total. The number of esters is 3. The first-order valence-corrected chi connectivity index (χ1v) is 26.2. The normalized spacial score (nSPS) is 12.1. The summed E-state index contributed by atoms with van der Waals surface area (Å²) in [5.74, 6) is 0.801. The fourth-order valence-corrected chi connectivity index (χ4v) is 7.99. The molecular formula is C53H102O6. The summed E-state index contributed by atoms with van der Waals surface area (Å²) in [5.41, 5.74) is 0. The zero-order valence-electron chi connectivity index (χ0n) is 40.4. The average molecular weight is 835 g/mol. The Morgan fingerprint density at radius 3 is 0.831 bits per heavy atom. The minimum atomic E-state index is -0.761. The molecule has 0 amide bonds. The monoisotopic (exact) mass is 835 g/mol. The summed E-state index contributed by atoms with van der Waals surface area (Å²) in [4.78, 5) is 37.9. The minimum absolute atomic E-state index is 0.0636. The molecule has 0 aromatic rings. The molecule has 0 aliphatic rings. The minimum Gasteiger partial charge on any atom is -0.462 e.